The molecule has 1 aromatic carbocycles. The second-order valence-corrected chi connectivity index (χ2v) is 5.12. The first-order chi connectivity index (χ1) is 9.33. The van der Waals surface area contributed by atoms with Crippen LogP contribution >= 0.6 is 0 Å². The molecule has 2 N–H and O–H groups in total. The van der Waals surface area contributed by atoms with Gasteiger partial charge in [-0.05, 0) is 41.7 Å². The quantitative estimate of drug-likeness (QED) is 0.853. The molecule has 0 fully saturated rings. The lowest BCUT2D eigenvalue weighted by Crippen LogP contribution is -2.32. The van der Waals surface area contributed by atoms with Gasteiger partial charge in [0.25, 0.3) is 0 Å². The summed E-state index contributed by atoms with van der Waals surface area (Å²) in [5, 5.41) is 0. The van der Waals surface area contributed by atoms with Crippen LogP contribution in [0.25, 0.3) is 0 Å². The van der Waals surface area contributed by atoms with E-state index in [9.17, 15) is 0 Å². The molecule has 0 saturated carbocycles. The van der Waals surface area contributed by atoms with E-state index in [0.717, 1.165) is 38.2 Å². The summed E-state index contributed by atoms with van der Waals surface area (Å²) in [6.07, 6.45) is 5.93. The highest BCUT2D eigenvalue weighted by Gasteiger charge is 2.17. The van der Waals surface area contributed by atoms with Crippen molar-refractivity contribution in [2.75, 3.05) is 18.8 Å². The first kappa shape index (κ1) is 12.2. The normalized spacial score (nSPS) is 15.2. The Labute approximate surface area is 114 Å². The van der Waals surface area contributed by atoms with Gasteiger partial charge in [0.2, 0.25) is 0 Å². The van der Waals surface area contributed by atoms with Crippen LogP contribution in [0.2, 0.25) is 0 Å². The maximum Gasteiger partial charge on any atom is 0.0362 e. The first-order valence-corrected chi connectivity index (χ1v) is 6.80. The van der Waals surface area contributed by atoms with Gasteiger partial charge in [-0.1, -0.05) is 18.2 Å². The Morgan fingerprint density at radius 2 is 2.16 bits per heavy atom. The Morgan fingerprint density at radius 3 is 3.00 bits per heavy atom. The highest BCUT2D eigenvalue weighted by molar-refractivity contribution is 5.51. The zero-order chi connectivity index (χ0) is 13.1. The van der Waals surface area contributed by atoms with Crippen molar-refractivity contribution in [2.24, 2.45) is 0 Å². The second-order valence-electron chi connectivity index (χ2n) is 5.12. The molecule has 0 radical (unpaired) electrons. The summed E-state index contributed by atoms with van der Waals surface area (Å²) in [7, 11) is 0. The average Bonchev–Trinajstić information content (AvgIpc) is 2.47. The van der Waals surface area contributed by atoms with Crippen molar-refractivity contribution in [1.29, 1.82) is 0 Å². The summed E-state index contributed by atoms with van der Waals surface area (Å²) in [4.78, 5) is 6.64. The summed E-state index contributed by atoms with van der Waals surface area (Å²) in [5.41, 5.74) is 11.0. The molecular formula is C16H19N3. The largest absolute Gasteiger partial charge is 0.398 e. The zero-order valence-corrected chi connectivity index (χ0v) is 11.0. The molecular weight excluding hydrogens is 234 g/mol. The number of fused-ring (bicyclic) bond motifs is 1. The Balaban J connectivity index is 1.64. The molecule has 0 saturated heterocycles. The smallest absolute Gasteiger partial charge is 0.0362 e. The summed E-state index contributed by atoms with van der Waals surface area (Å²) in [5.74, 6) is 0. The van der Waals surface area contributed by atoms with E-state index in [1.165, 1.54) is 16.7 Å². The highest BCUT2D eigenvalue weighted by atomic mass is 15.1. The highest BCUT2D eigenvalue weighted by Crippen LogP contribution is 2.24. The standard InChI is InChI=1S/C16H19N3/c17-16-5-1-4-14-7-10-19(12-15(14)16)9-6-13-3-2-8-18-11-13/h1-5,8,11H,6-7,9-10,12,17H2. The van der Waals surface area contributed by atoms with Gasteiger partial charge in [-0.15, -0.1) is 0 Å². The average molecular weight is 253 g/mol. The number of aromatic nitrogens is 1. The monoisotopic (exact) mass is 253 g/mol. The van der Waals surface area contributed by atoms with Gasteiger partial charge in [0, 0.05) is 37.7 Å². The van der Waals surface area contributed by atoms with Crippen LogP contribution in [0.15, 0.2) is 42.7 Å². The third-order valence-corrected chi connectivity index (χ3v) is 3.83. The fourth-order valence-corrected chi connectivity index (χ4v) is 2.69. The van der Waals surface area contributed by atoms with Crippen LogP contribution in [0, 0.1) is 0 Å². The molecule has 0 spiro atoms. The van der Waals surface area contributed by atoms with Crippen LogP contribution in [0.4, 0.5) is 5.69 Å². The lowest BCUT2D eigenvalue weighted by atomic mass is 9.98. The van der Waals surface area contributed by atoms with Crippen LogP contribution in [0.5, 0.6) is 0 Å². The third kappa shape index (κ3) is 2.76. The molecule has 0 atom stereocenters. The zero-order valence-electron chi connectivity index (χ0n) is 11.0. The van der Waals surface area contributed by atoms with Gasteiger partial charge in [-0.2, -0.15) is 0 Å². The third-order valence-electron chi connectivity index (χ3n) is 3.83. The van der Waals surface area contributed by atoms with Crippen LogP contribution < -0.4 is 5.73 Å². The molecule has 1 aliphatic rings. The lowest BCUT2D eigenvalue weighted by Gasteiger charge is -2.29. The van der Waals surface area contributed by atoms with Gasteiger partial charge in [0.15, 0.2) is 0 Å². The summed E-state index contributed by atoms with van der Waals surface area (Å²) >= 11 is 0. The number of hydrogen-bond acceptors (Lipinski definition) is 3. The van der Waals surface area contributed by atoms with Crippen molar-refractivity contribution in [2.45, 2.75) is 19.4 Å². The van der Waals surface area contributed by atoms with E-state index in [1.807, 2.05) is 24.5 Å². The van der Waals surface area contributed by atoms with E-state index in [1.54, 1.807) is 0 Å². The van der Waals surface area contributed by atoms with E-state index in [0.29, 0.717) is 0 Å². The van der Waals surface area contributed by atoms with Crippen molar-refractivity contribution < 1.29 is 0 Å². The number of rotatable bonds is 3. The number of anilines is 1. The molecule has 3 rings (SSSR count). The maximum absolute atomic E-state index is 6.07. The van der Waals surface area contributed by atoms with Crippen molar-refractivity contribution in [1.82, 2.24) is 9.88 Å². The van der Waals surface area contributed by atoms with Crippen LogP contribution in [0.1, 0.15) is 16.7 Å². The molecule has 98 valence electrons. The fourth-order valence-electron chi connectivity index (χ4n) is 2.69. The molecule has 2 aromatic rings. The van der Waals surface area contributed by atoms with Gasteiger partial charge in [-0.25, -0.2) is 0 Å². The van der Waals surface area contributed by atoms with Crippen LogP contribution in [-0.4, -0.2) is 23.0 Å². The van der Waals surface area contributed by atoms with Crippen molar-refractivity contribution in [3.63, 3.8) is 0 Å². The van der Waals surface area contributed by atoms with Crippen molar-refractivity contribution in [3.05, 3.63) is 59.4 Å². The molecule has 0 unspecified atom stereocenters. The molecule has 0 bridgehead atoms. The molecule has 2 heterocycles. The molecule has 3 heteroatoms. The number of nitrogens with two attached hydrogens (primary N) is 1. The predicted molar refractivity (Wildman–Crippen MR) is 77.8 cm³/mol. The number of hydrogen-bond donors (Lipinski definition) is 1. The van der Waals surface area contributed by atoms with E-state index < -0.39 is 0 Å². The minimum absolute atomic E-state index is 0.934. The molecule has 0 aliphatic carbocycles. The van der Waals surface area contributed by atoms with E-state index in [2.05, 4.69) is 28.1 Å². The topological polar surface area (TPSA) is 42.1 Å². The van der Waals surface area contributed by atoms with Gasteiger partial charge in [-0.3, -0.25) is 9.88 Å². The Morgan fingerprint density at radius 1 is 1.21 bits per heavy atom. The SMILES string of the molecule is Nc1cccc2c1CN(CCc1cccnc1)CC2. The Bertz CT molecular complexity index is 551. The van der Waals surface area contributed by atoms with Gasteiger partial charge >= 0.3 is 0 Å². The summed E-state index contributed by atoms with van der Waals surface area (Å²) in [6.45, 7) is 3.17. The Kier molecular flexibility index (Phi) is 3.47. The summed E-state index contributed by atoms with van der Waals surface area (Å²) in [6, 6.07) is 10.4. The predicted octanol–water partition coefficient (Wildman–Crippen LogP) is 2.26. The minimum Gasteiger partial charge on any atom is -0.398 e. The molecule has 0 amide bonds. The van der Waals surface area contributed by atoms with Crippen LogP contribution in [0.3, 0.4) is 0 Å². The fraction of sp³-hybridized carbons (Fsp3) is 0.312. The molecule has 19 heavy (non-hydrogen) atoms. The maximum atomic E-state index is 6.07. The molecule has 3 nitrogen and oxygen atoms in total. The number of nitrogens with zero attached hydrogens (tertiary/aromatic N) is 2. The van der Waals surface area contributed by atoms with Gasteiger partial charge in [0.1, 0.15) is 0 Å². The molecule has 1 aliphatic heterocycles. The number of benzene rings is 1. The van der Waals surface area contributed by atoms with E-state index in [4.69, 9.17) is 5.73 Å². The van der Waals surface area contributed by atoms with E-state index in [-0.39, 0.29) is 0 Å². The number of nitrogen functional groups attached to an aromatic ring is 1. The van der Waals surface area contributed by atoms with Crippen molar-refractivity contribution in [3.8, 4) is 0 Å². The van der Waals surface area contributed by atoms with Gasteiger partial charge in [0.05, 0.1) is 0 Å². The second kappa shape index (κ2) is 5.41. The van der Waals surface area contributed by atoms with Crippen molar-refractivity contribution >= 4 is 5.69 Å². The van der Waals surface area contributed by atoms with E-state index >= 15 is 0 Å². The lowest BCUT2D eigenvalue weighted by molar-refractivity contribution is 0.258. The Hall–Kier alpha value is -1.87. The minimum atomic E-state index is 0.934. The van der Waals surface area contributed by atoms with Gasteiger partial charge < -0.3 is 5.73 Å². The summed E-state index contributed by atoms with van der Waals surface area (Å²) < 4.78 is 0. The molecule has 1 aromatic heterocycles. The number of pyridine rings is 1. The first-order valence-electron chi connectivity index (χ1n) is 6.80. The van der Waals surface area contributed by atoms with Crippen LogP contribution in [-0.2, 0) is 19.4 Å².